The normalized spacial score (nSPS) is 12.5. The van der Waals surface area contributed by atoms with Gasteiger partial charge in [0.1, 0.15) is 0 Å². The average molecular weight is 208 g/mol. The zero-order valence-electron chi connectivity index (χ0n) is 9.57. The van der Waals surface area contributed by atoms with Crippen LogP contribution in [0.3, 0.4) is 0 Å². The van der Waals surface area contributed by atoms with Gasteiger partial charge in [-0.05, 0) is 26.8 Å². The lowest BCUT2D eigenvalue weighted by molar-refractivity contribution is -0.121. The molecule has 1 aromatic rings. The molecule has 0 saturated carbocycles. The number of Topliss-reactive ketones (excluding diaryl/α,β-unsaturated/α-hetero) is 1. The molecule has 4 nitrogen and oxygen atoms in total. The SMILES string of the molecule is CCC(=O)C(C)n1c(C)cc(C)nc1=O. The maximum absolute atomic E-state index is 11.6. The Morgan fingerprint density at radius 3 is 2.60 bits per heavy atom. The van der Waals surface area contributed by atoms with Gasteiger partial charge in [-0.15, -0.1) is 0 Å². The minimum Gasteiger partial charge on any atom is -0.297 e. The van der Waals surface area contributed by atoms with Crippen molar-refractivity contribution in [3.63, 3.8) is 0 Å². The van der Waals surface area contributed by atoms with Crippen molar-refractivity contribution in [1.82, 2.24) is 9.55 Å². The summed E-state index contributed by atoms with van der Waals surface area (Å²) in [6.07, 6.45) is 0.431. The number of nitrogens with zero attached hydrogens (tertiary/aromatic N) is 2. The second-order valence-corrected chi connectivity index (χ2v) is 3.69. The Kier molecular flexibility index (Phi) is 3.39. The first-order valence-electron chi connectivity index (χ1n) is 5.06. The minimum absolute atomic E-state index is 0.0471. The number of rotatable bonds is 3. The van der Waals surface area contributed by atoms with Crippen molar-refractivity contribution >= 4 is 5.78 Å². The number of carbonyl (C=O) groups excluding carboxylic acids is 1. The molecule has 0 aromatic carbocycles. The molecule has 1 aromatic heterocycles. The molecule has 1 rings (SSSR count). The smallest absolute Gasteiger partial charge is 0.297 e. The van der Waals surface area contributed by atoms with Gasteiger partial charge in [-0.25, -0.2) is 4.79 Å². The lowest BCUT2D eigenvalue weighted by Crippen LogP contribution is -2.31. The lowest BCUT2D eigenvalue weighted by atomic mass is 10.1. The monoisotopic (exact) mass is 208 g/mol. The summed E-state index contributed by atoms with van der Waals surface area (Å²) in [5, 5.41) is 0. The molecule has 0 bridgehead atoms. The van der Waals surface area contributed by atoms with E-state index in [1.54, 1.807) is 26.8 Å². The van der Waals surface area contributed by atoms with Crippen LogP contribution >= 0.6 is 0 Å². The fourth-order valence-electron chi connectivity index (χ4n) is 1.67. The summed E-state index contributed by atoms with van der Waals surface area (Å²) in [6.45, 7) is 7.11. The van der Waals surface area contributed by atoms with E-state index in [2.05, 4.69) is 4.98 Å². The molecule has 0 amide bonds. The molecule has 82 valence electrons. The summed E-state index contributed by atoms with van der Waals surface area (Å²) < 4.78 is 1.44. The van der Waals surface area contributed by atoms with Gasteiger partial charge in [0.2, 0.25) is 0 Å². The first-order chi connectivity index (χ1) is 6.97. The Balaban J connectivity index is 3.26. The summed E-state index contributed by atoms with van der Waals surface area (Å²) in [5.41, 5.74) is 1.12. The Labute approximate surface area is 89.0 Å². The van der Waals surface area contributed by atoms with Crippen LogP contribution < -0.4 is 5.69 Å². The van der Waals surface area contributed by atoms with Crippen molar-refractivity contribution in [3.8, 4) is 0 Å². The maximum Gasteiger partial charge on any atom is 0.348 e. The Morgan fingerprint density at radius 1 is 1.53 bits per heavy atom. The quantitative estimate of drug-likeness (QED) is 0.754. The van der Waals surface area contributed by atoms with Crippen molar-refractivity contribution in [2.24, 2.45) is 0 Å². The highest BCUT2D eigenvalue weighted by Gasteiger charge is 2.16. The molecule has 0 aliphatic rings. The molecule has 1 atom stereocenters. The molecule has 0 fully saturated rings. The van der Waals surface area contributed by atoms with E-state index in [0.29, 0.717) is 12.1 Å². The average Bonchev–Trinajstić information content (AvgIpc) is 2.14. The summed E-state index contributed by atoms with van der Waals surface area (Å²) in [7, 11) is 0. The third-order valence-corrected chi connectivity index (χ3v) is 2.48. The topological polar surface area (TPSA) is 52.0 Å². The van der Waals surface area contributed by atoms with E-state index in [1.165, 1.54) is 4.57 Å². The third kappa shape index (κ3) is 2.32. The molecule has 4 heteroatoms. The largest absolute Gasteiger partial charge is 0.348 e. The van der Waals surface area contributed by atoms with Gasteiger partial charge >= 0.3 is 5.69 Å². The van der Waals surface area contributed by atoms with Crippen LogP contribution in [0.4, 0.5) is 0 Å². The number of hydrogen-bond donors (Lipinski definition) is 0. The Bertz CT molecular complexity index is 435. The molecule has 0 N–H and O–H groups in total. The van der Waals surface area contributed by atoms with E-state index in [0.717, 1.165) is 5.69 Å². The van der Waals surface area contributed by atoms with Crippen LogP contribution in [-0.4, -0.2) is 15.3 Å². The van der Waals surface area contributed by atoms with Gasteiger partial charge in [-0.1, -0.05) is 6.92 Å². The van der Waals surface area contributed by atoms with E-state index >= 15 is 0 Å². The lowest BCUT2D eigenvalue weighted by Gasteiger charge is -2.15. The molecule has 1 unspecified atom stereocenters. The van der Waals surface area contributed by atoms with Crippen LogP contribution in [0.25, 0.3) is 0 Å². The molecule has 0 saturated heterocycles. The van der Waals surface area contributed by atoms with Gasteiger partial charge in [0.25, 0.3) is 0 Å². The van der Waals surface area contributed by atoms with Crippen LogP contribution in [0.5, 0.6) is 0 Å². The van der Waals surface area contributed by atoms with E-state index in [4.69, 9.17) is 0 Å². The first-order valence-corrected chi connectivity index (χ1v) is 5.06. The third-order valence-electron chi connectivity index (χ3n) is 2.48. The minimum atomic E-state index is -0.421. The van der Waals surface area contributed by atoms with Gasteiger partial charge in [-0.3, -0.25) is 9.36 Å². The van der Waals surface area contributed by atoms with Crippen molar-refractivity contribution in [1.29, 1.82) is 0 Å². The van der Waals surface area contributed by atoms with Crippen LogP contribution in [0.2, 0.25) is 0 Å². The highest BCUT2D eigenvalue weighted by atomic mass is 16.2. The van der Waals surface area contributed by atoms with Crippen molar-refractivity contribution in [3.05, 3.63) is 27.9 Å². The molecule has 0 aliphatic heterocycles. The van der Waals surface area contributed by atoms with Gasteiger partial charge in [0.15, 0.2) is 5.78 Å². The van der Waals surface area contributed by atoms with Gasteiger partial charge in [-0.2, -0.15) is 4.98 Å². The number of aryl methyl sites for hydroxylation is 2. The number of hydrogen-bond acceptors (Lipinski definition) is 3. The predicted octanol–water partition coefficient (Wildman–Crippen LogP) is 1.40. The number of aromatic nitrogens is 2. The second-order valence-electron chi connectivity index (χ2n) is 3.69. The standard InChI is InChI=1S/C11H16N2O2/c1-5-10(14)9(4)13-8(3)6-7(2)12-11(13)15/h6,9H,5H2,1-4H3. The number of ketones is 1. The first kappa shape index (κ1) is 11.6. The van der Waals surface area contributed by atoms with Gasteiger partial charge in [0.05, 0.1) is 6.04 Å². The second kappa shape index (κ2) is 4.38. The summed E-state index contributed by atoms with van der Waals surface area (Å²) in [4.78, 5) is 27.0. The highest BCUT2D eigenvalue weighted by molar-refractivity contribution is 5.81. The number of carbonyl (C=O) groups is 1. The van der Waals surface area contributed by atoms with Crippen LogP contribution in [0, 0.1) is 13.8 Å². The van der Waals surface area contributed by atoms with Crippen molar-refractivity contribution in [2.75, 3.05) is 0 Å². The van der Waals surface area contributed by atoms with Gasteiger partial charge < -0.3 is 0 Å². The molecular weight excluding hydrogens is 192 g/mol. The summed E-state index contributed by atoms with van der Waals surface area (Å²) in [6, 6.07) is 1.39. The fourth-order valence-corrected chi connectivity index (χ4v) is 1.67. The fraction of sp³-hybridized carbons (Fsp3) is 0.545. The molecular formula is C11H16N2O2. The summed E-state index contributed by atoms with van der Waals surface area (Å²) >= 11 is 0. The Morgan fingerprint density at radius 2 is 2.13 bits per heavy atom. The molecule has 15 heavy (non-hydrogen) atoms. The van der Waals surface area contributed by atoms with E-state index < -0.39 is 6.04 Å². The zero-order valence-corrected chi connectivity index (χ0v) is 9.57. The van der Waals surface area contributed by atoms with E-state index in [9.17, 15) is 9.59 Å². The van der Waals surface area contributed by atoms with Crippen LogP contribution in [0.15, 0.2) is 10.9 Å². The molecule has 0 radical (unpaired) electrons. The molecule has 0 spiro atoms. The van der Waals surface area contributed by atoms with E-state index in [1.807, 2.05) is 6.92 Å². The predicted molar refractivity (Wildman–Crippen MR) is 58.0 cm³/mol. The van der Waals surface area contributed by atoms with E-state index in [-0.39, 0.29) is 11.5 Å². The zero-order chi connectivity index (χ0) is 11.6. The molecule has 0 aliphatic carbocycles. The van der Waals surface area contributed by atoms with Gasteiger partial charge in [0, 0.05) is 17.8 Å². The van der Waals surface area contributed by atoms with Crippen LogP contribution in [0.1, 0.15) is 37.7 Å². The van der Waals surface area contributed by atoms with Crippen LogP contribution in [-0.2, 0) is 4.79 Å². The molecule has 1 heterocycles. The highest BCUT2D eigenvalue weighted by Crippen LogP contribution is 2.09. The van der Waals surface area contributed by atoms with Crippen molar-refractivity contribution < 1.29 is 4.79 Å². The summed E-state index contributed by atoms with van der Waals surface area (Å²) in [5.74, 6) is 0.0471. The Hall–Kier alpha value is -1.45. The maximum atomic E-state index is 11.6. The van der Waals surface area contributed by atoms with Crippen molar-refractivity contribution in [2.45, 2.75) is 40.2 Å².